The van der Waals surface area contributed by atoms with Crippen LogP contribution < -0.4 is 5.32 Å². The molecule has 3 rings (SSSR count). The van der Waals surface area contributed by atoms with Gasteiger partial charge in [0.2, 0.25) is 5.16 Å². The molecule has 0 saturated heterocycles. The van der Waals surface area contributed by atoms with Gasteiger partial charge in [0.25, 0.3) is 0 Å². The number of rotatable bonds is 7. The Morgan fingerprint density at radius 1 is 1.30 bits per heavy atom. The highest BCUT2D eigenvalue weighted by Crippen LogP contribution is 2.21. The predicted molar refractivity (Wildman–Crippen MR) is 76.5 cm³/mol. The van der Waals surface area contributed by atoms with E-state index in [9.17, 15) is 5.11 Å². The van der Waals surface area contributed by atoms with E-state index >= 15 is 0 Å². The predicted octanol–water partition coefficient (Wildman–Crippen LogP) is 1.42. The van der Waals surface area contributed by atoms with Crippen molar-refractivity contribution in [1.29, 1.82) is 0 Å². The first-order chi connectivity index (χ1) is 9.81. The Bertz CT molecular complexity index is 552. The summed E-state index contributed by atoms with van der Waals surface area (Å²) in [6, 6.07) is 7.91. The van der Waals surface area contributed by atoms with Crippen LogP contribution in [0.25, 0.3) is 0 Å². The minimum Gasteiger partial charge on any atom is -0.508 e. The van der Waals surface area contributed by atoms with Gasteiger partial charge in [-0.05, 0) is 41.0 Å². The maximum Gasteiger partial charge on any atom is 0.209 e. The highest BCUT2D eigenvalue weighted by Gasteiger charge is 2.20. The van der Waals surface area contributed by atoms with Gasteiger partial charge in [0.15, 0.2) is 0 Å². The molecule has 1 aliphatic carbocycles. The van der Waals surface area contributed by atoms with Crippen molar-refractivity contribution >= 4 is 11.8 Å². The zero-order valence-corrected chi connectivity index (χ0v) is 11.9. The van der Waals surface area contributed by atoms with Crippen molar-refractivity contribution in [3.8, 4) is 5.75 Å². The molecule has 0 radical (unpaired) electrons. The van der Waals surface area contributed by atoms with Gasteiger partial charge < -0.3 is 10.4 Å². The van der Waals surface area contributed by atoms with Gasteiger partial charge in [-0.1, -0.05) is 23.9 Å². The van der Waals surface area contributed by atoms with Crippen LogP contribution in [-0.4, -0.2) is 37.9 Å². The molecular weight excluding hydrogens is 274 g/mol. The summed E-state index contributed by atoms with van der Waals surface area (Å²) in [5.74, 6) is 1.08. The molecule has 2 N–H and O–H groups in total. The average molecular weight is 291 g/mol. The first-order valence-electron chi connectivity index (χ1n) is 6.71. The van der Waals surface area contributed by atoms with Gasteiger partial charge in [-0.25, -0.2) is 4.68 Å². The summed E-state index contributed by atoms with van der Waals surface area (Å²) in [5.41, 5.74) is 1.14. The van der Waals surface area contributed by atoms with Gasteiger partial charge in [-0.3, -0.25) is 0 Å². The second-order valence-corrected chi connectivity index (χ2v) is 5.81. The quantitative estimate of drug-likeness (QED) is 0.752. The van der Waals surface area contributed by atoms with Crippen LogP contribution in [0.1, 0.15) is 18.4 Å². The topological polar surface area (TPSA) is 75.9 Å². The number of aromatic hydroxyl groups is 1. The lowest BCUT2D eigenvalue weighted by Crippen LogP contribution is -2.22. The molecule has 0 amide bonds. The number of aromatic nitrogens is 4. The van der Waals surface area contributed by atoms with Crippen LogP contribution in [-0.2, 0) is 12.3 Å². The maximum absolute atomic E-state index is 9.25. The summed E-state index contributed by atoms with van der Waals surface area (Å²) >= 11 is 1.60. The molecular formula is C13H17N5OS. The van der Waals surface area contributed by atoms with E-state index in [1.165, 1.54) is 12.8 Å². The van der Waals surface area contributed by atoms with Gasteiger partial charge in [0.1, 0.15) is 5.75 Å². The van der Waals surface area contributed by atoms with Gasteiger partial charge >= 0.3 is 0 Å². The van der Waals surface area contributed by atoms with Gasteiger partial charge in [-0.15, -0.1) is 5.10 Å². The third kappa shape index (κ3) is 3.71. The SMILES string of the molecule is Oc1ccc(CSc2nnnn2CCNC2CC2)cc1. The first kappa shape index (κ1) is 13.4. The first-order valence-corrected chi connectivity index (χ1v) is 7.70. The number of thioether (sulfide) groups is 1. The second-order valence-electron chi connectivity index (χ2n) is 4.87. The lowest BCUT2D eigenvalue weighted by atomic mass is 10.2. The Balaban J connectivity index is 1.51. The van der Waals surface area contributed by atoms with Crippen LogP contribution in [0.2, 0.25) is 0 Å². The number of hydrogen-bond acceptors (Lipinski definition) is 6. The summed E-state index contributed by atoms with van der Waals surface area (Å²) in [6.07, 6.45) is 2.58. The monoisotopic (exact) mass is 291 g/mol. The standard InChI is InChI=1S/C13H17N5OS/c19-12-5-1-10(2-6-12)9-20-13-15-16-17-18(13)8-7-14-11-3-4-11/h1-2,5-6,11,14,19H,3-4,7-9H2. The van der Waals surface area contributed by atoms with Gasteiger partial charge in [0, 0.05) is 18.3 Å². The van der Waals surface area contributed by atoms with E-state index in [1.54, 1.807) is 23.9 Å². The zero-order valence-electron chi connectivity index (χ0n) is 11.1. The van der Waals surface area contributed by atoms with Crippen molar-refractivity contribution in [2.24, 2.45) is 0 Å². The fraction of sp³-hybridized carbons (Fsp3) is 0.462. The summed E-state index contributed by atoms with van der Waals surface area (Å²) in [7, 11) is 0. The van der Waals surface area contributed by atoms with Crippen molar-refractivity contribution in [3.05, 3.63) is 29.8 Å². The summed E-state index contributed by atoms with van der Waals surface area (Å²) in [6.45, 7) is 1.70. The molecule has 1 saturated carbocycles. The summed E-state index contributed by atoms with van der Waals surface area (Å²) in [4.78, 5) is 0. The van der Waals surface area contributed by atoms with E-state index in [0.717, 1.165) is 29.6 Å². The van der Waals surface area contributed by atoms with Crippen LogP contribution in [0.5, 0.6) is 5.75 Å². The smallest absolute Gasteiger partial charge is 0.209 e. The van der Waals surface area contributed by atoms with E-state index in [1.807, 2.05) is 16.8 Å². The van der Waals surface area contributed by atoms with Crippen LogP contribution >= 0.6 is 11.8 Å². The number of nitrogens with one attached hydrogen (secondary N) is 1. The number of phenols is 1. The molecule has 0 spiro atoms. The Hall–Kier alpha value is -1.60. The Morgan fingerprint density at radius 2 is 2.10 bits per heavy atom. The Morgan fingerprint density at radius 3 is 2.85 bits per heavy atom. The van der Waals surface area contributed by atoms with Crippen LogP contribution in [0.15, 0.2) is 29.4 Å². The highest BCUT2D eigenvalue weighted by molar-refractivity contribution is 7.98. The Labute approximate surface area is 121 Å². The molecule has 1 aliphatic rings. The molecule has 1 aromatic heterocycles. The van der Waals surface area contributed by atoms with E-state index in [4.69, 9.17) is 0 Å². The molecule has 2 aromatic rings. The molecule has 0 aliphatic heterocycles. The molecule has 0 atom stereocenters. The molecule has 7 heteroatoms. The van der Waals surface area contributed by atoms with Gasteiger partial charge in [0.05, 0.1) is 6.54 Å². The van der Waals surface area contributed by atoms with E-state index in [2.05, 4.69) is 20.8 Å². The fourth-order valence-corrected chi connectivity index (χ4v) is 2.70. The lowest BCUT2D eigenvalue weighted by molar-refractivity contribution is 0.475. The minimum atomic E-state index is 0.287. The van der Waals surface area contributed by atoms with Gasteiger partial charge in [-0.2, -0.15) is 0 Å². The fourth-order valence-electron chi connectivity index (χ4n) is 1.84. The zero-order chi connectivity index (χ0) is 13.8. The molecule has 0 unspecified atom stereocenters. The number of hydrogen-bond donors (Lipinski definition) is 2. The maximum atomic E-state index is 9.25. The molecule has 6 nitrogen and oxygen atoms in total. The Kier molecular flexibility index (Phi) is 4.17. The number of nitrogens with zero attached hydrogens (tertiary/aromatic N) is 4. The third-order valence-corrected chi connectivity index (χ3v) is 4.17. The third-order valence-electron chi connectivity index (χ3n) is 3.14. The van der Waals surface area contributed by atoms with Crippen LogP contribution in [0.4, 0.5) is 0 Å². The number of tetrazole rings is 1. The van der Waals surface area contributed by atoms with Crippen LogP contribution in [0.3, 0.4) is 0 Å². The summed E-state index contributed by atoms with van der Waals surface area (Å²) < 4.78 is 1.83. The second kappa shape index (κ2) is 6.23. The minimum absolute atomic E-state index is 0.287. The summed E-state index contributed by atoms with van der Waals surface area (Å²) in [5, 5.41) is 25.3. The van der Waals surface area contributed by atoms with E-state index in [-0.39, 0.29) is 5.75 Å². The highest BCUT2D eigenvalue weighted by atomic mass is 32.2. The van der Waals surface area contributed by atoms with Crippen molar-refractivity contribution in [2.75, 3.05) is 6.54 Å². The van der Waals surface area contributed by atoms with Crippen molar-refractivity contribution in [1.82, 2.24) is 25.5 Å². The number of phenolic OH excluding ortho intramolecular Hbond substituents is 1. The van der Waals surface area contributed by atoms with E-state index in [0.29, 0.717) is 6.04 Å². The molecule has 1 fully saturated rings. The van der Waals surface area contributed by atoms with Crippen molar-refractivity contribution < 1.29 is 5.11 Å². The van der Waals surface area contributed by atoms with Crippen molar-refractivity contribution in [2.45, 2.75) is 36.3 Å². The molecule has 1 heterocycles. The normalized spacial score (nSPS) is 14.6. The molecule has 106 valence electrons. The average Bonchev–Trinajstić information content (AvgIpc) is 3.17. The van der Waals surface area contributed by atoms with E-state index < -0.39 is 0 Å². The molecule has 0 bridgehead atoms. The lowest BCUT2D eigenvalue weighted by Gasteiger charge is -2.05. The van der Waals surface area contributed by atoms with Crippen molar-refractivity contribution in [3.63, 3.8) is 0 Å². The molecule has 20 heavy (non-hydrogen) atoms. The largest absolute Gasteiger partial charge is 0.508 e. The number of benzene rings is 1. The molecule has 1 aromatic carbocycles. The van der Waals surface area contributed by atoms with Crippen LogP contribution in [0, 0.1) is 0 Å².